The zero-order valence-electron chi connectivity index (χ0n) is 17.5. The number of aromatic nitrogens is 3. The molecule has 0 saturated heterocycles. The first kappa shape index (κ1) is 20.0. The number of rotatable bonds is 4. The first-order chi connectivity index (χ1) is 13.8. The van der Waals surface area contributed by atoms with E-state index in [1.54, 1.807) is 11.3 Å². The molecule has 154 valence electrons. The number of nitrogens with zero attached hydrogens (tertiary/aromatic N) is 3. The highest BCUT2D eigenvalue weighted by Gasteiger charge is 2.24. The van der Waals surface area contributed by atoms with E-state index in [2.05, 4.69) is 60.6 Å². The molecule has 1 saturated carbocycles. The second-order valence-corrected chi connectivity index (χ2v) is 9.87. The minimum absolute atomic E-state index is 0.131. The molecule has 1 aromatic carbocycles. The van der Waals surface area contributed by atoms with Crippen LogP contribution in [-0.4, -0.2) is 27.3 Å². The quantitative estimate of drug-likeness (QED) is 0.617. The van der Waals surface area contributed by atoms with Crippen LogP contribution in [0.1, 0.15) is 57.7 Å². The largest absolute Gasteiger partial charge is 0.402 e. The molecule has 0 amide bonds. The molecule has 29 heavy (non-hydrogen) atoms. The SMILES string of the molecule is Cc1nc(-c2ccc(C(C)(C)C)cc2)sc1-c1nnc(N[C@@H]2CCCC[C@H]2N)o1. The van der Waals surface area contributed by atoms with Crippen molar-refractivity contribution in [2.24, 2.45) is 5.73 Å². The van der Waals surface area contributed by atoms with Crippen molar-refractivity contribution in [1.29, 1.82) is 0 Å². The van der Waals surface area contributed by atoms with Crippen LogP contribution < -0.4 is 11.1 Å². The number of hydrogen-bond acceptors (Lipinski definition) is 7. The number of benzene rings is 1. The average molecular weight is 412 g/mol. The molecule has 0 unspecified atom stereocenters. The van der Waals surface area contributed by atoms with E-state index in [4.69, 9.17) is 15.1 Å². The Bertz CT molecular complexity index is 970. The molecule has 1 fully saturated rings. The van der Waals surface area contributed by atoms with Gasteiger partial charge in [0.25, 0.3) is 5.89 Å². The zero-order valence-corrected chi connectivity index (χ0v) is 18.3. The summed E-state index contributed by atoms with van der Waals surface area (Å²) in [6.45, 7) is 8.63. The highest BCUT2D eigenvalue weighted by Crippen LogP contribution is 2.36. The van der Waals surface area contributed by atoms with E-state index >= 15 is 0 Å². The van der Waals surface area contributed by atoms with Gasteiger partial charge in [0.2, 0.25) is 0 Å². The Hall–Kier alpha value is -2.25. The first-order valence-corrected chi connectivity index (χ1v) is 11.1. The Morgan fingerprint density at radius 1 is 1.10 bits per heavy atom. The Kier molecular flexibility index (Phi) is 5.44. The van der Waals surface area contributed by atoms with Crippen LogP contribution in [0.4, 0.5) is 6.01 Å². The minimum Gasteiger partial charge on any atom is -0.402 e. The van der Waals surface area contributed by atoms with Gasteiger partial charge in [0.1, 0.15) is 9.88 Å². The van der Waals surface area contributed by atoms with E-state index in [1.165, 1.54) is 18.4 Å². The zero-order chi connectivity index (χ0) is 20.6. The van der Waals surface area contributed by atoms with Crippen LogP contribution >= 0.6 is 11.3 Å². The third-order valence-corrected chi connectivity index (χ3v) is 6.74. The lowest BCUT2D eigenvalue weighted by atomic mass is 9.87. The maximum Gasteiger partial charge on any atom is 0.316 e. The Labute approximate surface area is 176 Å². The molecule has 4 rings (SSSR count). The van der Waals surface area contributed by atoms with Crippen molar-refractivity contribution in [2.75, 3.05) is 5.32 Å². The summed E-state index contributed by atoms with van der Waals surface area (Å²) in [7, 11) is 0. The van der Waals surface area contributed by atoms with E-state index in [-0.39, 0.29) is 17.5 Å². The van der Waals surface area contributed by atoms with Gasteiger partial charge in [-0.3, -0.25) is 0 Å². The first-order valence-electron chi connectivity index (χ1n) is 10.3. The van der Waals surface area contributed by atoms with Crippen LogP contribution in [0.15, 0.2) is 28.7 Å². The molecule has 0 spiro atoms. The fourth-order valence-electron chi connectivity index (χ4n) is 3.70. The van der Waals surface area contributed by atoms with Gasteiger partial charge in [-0.1, -0.05) is 63.0 Å². The lowest BCUT2D eigenvalue weighted by Crippen LogP contribution is -2.42. The molecule has 0 radical (unpaired) electrons. The number of nitrogens with two attached hydrogens (primary N) is 1. The van der Waals surface area contributed by atoms with Crippen molar-refractivity contribution in [3.63, 3.8) is 0 Å². The van der Waals surface area contributed by atoms with Gasteiger partial charge >= 0.3 is 6.01 Å². The molecule has 2 aromatic heterocycles. The Morgan fingerprint density at radius 3 is 2.52 bits per heavy atom. The molecule has 6 nitrogen and oxygen atoms in total. The fraction of sp³-hybridized carbons (Fsp3) is 0.500. The van der Waals surface area contributed by atoms with Gasteiger partial charge in [-0.25, -0.2) is 4.98 Å². The van der Waals surface area contributed by atoms with Gasteiger partial charge in [0.05, 0.1) is 5.69 Å². The Balaban J connectivity index is 1.53. The van der Waals surface area contributed by atoms with Gasteiger partial charge in [-0.15, -0.1) is 16.4 Å². The predicted molar refractivity (Wildman–Crippen MR) is 118 cm³/mol. The number of aryl methyl sites for hydroxylation is 1. The third-order valence-electron chi connectivity index (χ3n) is 5.54. The number of nitrogens with one attached hydrogen (secondary N) is 1. The van der Waals surface area contributed by atoms with E-state index in [1.807, 2.05) is 6.92 Å². The molecule has 1 aliphatic carbocycles. The number of anilines is 1. The van der Waals surface area contributed by atoms with Gasteiger partial charge in [-0.05, 0) is 30.7 Å². The number of thiazole rings is 1. The molecule has 0 bridgehead atoms. The van der Waals surface area contributed by atoms with Crippen LogP contribution in [0.5, 0.6) is 0 Å². The van der Waals surface area contributed by atoms with Crippen molar-refractivity contribution < 1.29 is 4.42 Å². The molecule has 7 heteroatoms. The maximum atomic E-state index is 6.21. The van der Waals surface area contributed by atoms with E-state index in [0.29, 0.717) is 11.9 Å². The molecule has 3 aromatic rings. The molecule has 2 heterocycles. The fourth-order valence-corrected chi connectivity index (χ4v) is 4.69. The Morgan fingerprint density at radius 2 is 1.83 bits per heavy atom. The average Bonchev–Trinajstić information content (AvgIpc) is 3.29. The summed E-state index contributed by atoms with van der Waals surface area (Å²) < 4.78 is 5.90. The molecular weight excluding hydrogens is 382 g/mol. The van der Waals surface area contributed by atoms with Crippen LogP contribution in [0.25, 0.3) is 21.3 Å². The summed E-state index contributed by atoms with van der Waals surface area (Å²) in [5.74, 6) is 0.504. The van der Waals surface area contributed by atoms with Crippen molar-refractivity contribution >= 4 is 17.4 Å². The highest BCUT2D eigenvalue weighted by molar-refractivity contribution is 7.18. The summed E-state index contributed by atoms with van der Waals surface area (Å²) in [6.07, 6.45) is 4.43. The second kappa shape index (κ2) is 7.88. The smallest absolute Gasteiger partial charge is 0.316 e. The van der Waals surface area contributed by atoms with Crippen LogP contribution in [-0.2, 0) is 5.41 Å². The monoisotopic (exact) mass is 411 g/mol. The van der Waals surface area contributed by atoms with Gasteiger partial charge in [-0.2, -0.15) is 0 Å². The summed E-state index contributed by atoms with van der Waals surface area (Å²) in [5.41, 5.74) is 9.66. The topological polar surface area (TPSA) is 89.9 Å². The van der Waals surface area contributed by atoms with Crippen LogP contribution in [0.3, 0.4) is 0 Å². The molecule has 3 N–H and O–H groups in total. The van der Waals surface area contributed by atoms with Crippen molar-refractivity contribution in [1.82, 2.24) is 15.2 Å². The highest BCUT2D eigenvalue weighted by atomic mass is 32.1. The normalized spacial score (nSPS) is 20.0. The summed E-state index contributed by atoms with van der Waals surface area (Å²) in [4.78, 5) is 5.65. The lowest BCUT2D eigenvalue weighted by molar-refractivity contribution is 0.395. The lowest BCUT2D eigenvalue weighted by Gasteiger charge is -2.28. The van der Waals surface area contributed by atoms with E-state index in [0.717, 1.165) is 34.0 Å². The molecule has 1 aliphatic rings. The van der Waals surface area contributed by atoms with Crippen LogP contribution in [0, 0.1) is 6.92 Å². The molecule has 2 atom stereocenters. The molecule has 0 aliphatic heterocycles. The van der Waals surface area contributed by atoms with E-state index in [9.17, 15) is 0 Å². The summed E-state index contributed by atoms with van der Waals surface area (Å²) >= 11 is 1.58. The van der Waals surface area contributed by atoms with Gasteiger partial charge in [0, 0.05) is 17.6 Å². The number of hydrogen-bond donors (Lipinski definition) is 2. The minimum atomic E-state index is 0.131. The van der Waals surface area contributed by atoms with Gasteiger partial charge in [0.15, 0.2) is 0 Å². The molecular formula is C22H29N5OS. The van der Waals surface area contributed by atoms with Crippen molar-refractivity contribution in [3.8, 4) is 21.3 Å². The summed E-state index contributed by atoms with van der Waals surface area (Å²) in [6, 6.07) is 9.37. The van der Waals surface area contributed by atoms with Crippen molar-refractivity contribution in [2.45, 2.75) is 70.9 Å². The summed E-state index contributed by atoms with van der Waals surface area (Å²) in [5, 5.41) is 12.7. The van der Waals surface area contributed by atoms with Crippen molar-refractivity contribution in [3.05, 3.63) is 35.5 Å². The third kappa shape index (κ3) is 4.36. The second-order valence-electron chi connectivity index (χ2n) is 8.87. The standard InChI is InChI=1S/C22H29N5OS/c1-13-18(19-26-27-21(28-19)25-17-8-6-5-7-16(17)23)29-20(24-13)14-9-11-15(12-10-14)22(2,3)4/h9-12,16-17H,5-8,23H2,1-4H3,(H,25,27)/t16-,17-/m1/s1. The van der Waals surface area contributed by atoms with Crippen LogP contribution in [0.2, 0.25) is 0 Å². The van der Waals surface area contributed by atoms with E-state index < -0.39 is 0 Å². The maximum absolute atomic E-state index is 6.21. The van der Waals surface area contributed by atoms with Gasteiger partial charge < -0.3 is 15.5 Å². The predicted octanol–water partition coefficient (Wildman–Crippen LogP) is 5.15.